The van der Waals surface area contributed by atoms with Gasteiger partial charge in [-0.15, -0.1) is 11.3 Å². The second-order valence-electron chi connectivity index (χ2n) is 5.12. The van der Waals surface area contributed by atoms with E-state index in [0.29, 0.717) is 11.0 Å². The minimum absolute atomic E-state index is 0.563. The number of aromatic nitrogens is 3. The van der Waals surface area contributed by atoms with Gasteiger partial charge in [-0.3, -0.25) is 0 Å². The SMILES string of the molecule is CCN1CCN(c2ccnc(-c3nc(N)sc3C)n2)CC1. The molecule has 0 bridgehead atoms. The van der Waals surface area contributed by atoms with Crippen LogP contribution in [0.2, 0.25) is 0 Å². The van der Waals surface area contributed by atoms with Crippen LogP contribution < -0.4 is 10.6 Å². The number of hydrogen-bond donors (Lipinski definition) is 1. The Hall–Kier alpha value is -1.73. The molecule has 2 N–H and O–H groups in total. The molecule has 1 aliphatic rings. The quantitative estimate of drug-likeness (QED) is 0.929. The summed E-state index contributed by atoms with van der Waals surface area (Å²) in [6.07, 6.45) is 1.80. The number of anilines is 2. The Kier molecular flexibility index (Phi) is 4.03. The number of nitrogens with zero attached hydrogens (tertiary/aromatic N) is 5. The lowest BCUT2D eigenvalue weighted by molar-refractivity contribution is 0.270. The van der Waals surface area contributed by atoms with Gasteiger partial charge in [0.1, 0.15) is 11.5 Å². The highest BCUT2D eigenvalue weighted by Crippen LogP contribution is 2.27. The van der Waals surface area contributed by atoms with E-state index < -0.39 is 0 Å². The highest BCUT2D eigenvalue weighted by atomic mass is 32.1. The summed E-state index contributed by atoms with van der Waals surface area (Å²) in [6, 6.07) is 1.97. The lowest BCUT2D eigenvalue weighted by Crippen LogP contribution is -2.46. The van der Waals surface area contributed by atoms with Crippen molar-refractivity contribution in [2.45, 2.75) is 13.8 Å². The average molecular weight is 304 g/mol. The summed E-state index contributed by atoms with van der Waals surface area (Å²) < 4.78 is 0. The zero-order valence-corrected chi connectivity index (χ0v) is 13.2. The molecule has 0 unspecified atom stereocenters. The number of thiazole rings is 1. The molecule has 21 heavy (non-hydrogen) atoms. The first kappa shape index (κ1) is 14.2. The second-order valence-corrected chi connectivity index (χ2v) is 6.35. The van der Waals surface area contributed by atoms with E-state index in [0.717, 1.165) is 49.1 Å². The second kappa shape index (κ2) is 5.95. The van der Waals surface area contributed by atoms with Gasteiger partial charge in [-0.05, 0) is 19.5 Å². The first-order chi connectivity index (χ1) is 10.2. The van der Waals surface area contributed by atoms with Gasteiger partial charge >= 0.3 is 0 Å². The van der Waals surface area contributed by atoms with Crippen LogP contribution in [-0.4, -0.2) is 52.6 Å². The number of nitrogens with two attached hydrogens (primary N) is 1. The molecule has 1 saturated heterocycles. The number of likely N-dealkylation sites (N-methyl/N-ethyl adjacent to an activating group) is 1. The topological polar surface area (TPSA) is 71.2 Å². The Labute approximate surface area is 128 Å². The monoisotopic (exact) mass is 304 g/mol. The van der Waals surface area contributed by atoms with Crippen LogP contribution in [-0.2, 0) is 0 Å². The molecular formula is C14H20N6S. The number of piperazine rings is 1. The molecule has 0 radical (unpaired) electrons. The van der Waals surface area contributed by atoms with Gasteiger partial charge in [0.05, 0.1) is 0 Å². The molecule has 0 aliphatic carbocycles. The van der Waals surface area contributed by atoms with E-state index in [1.807, 2.05) is 13.0 Å². The van der Waals surface area contributed by atoms with Crippen LogP contribution in [0.1, 0.15) is 11.8 Å². The highest BCUT2D eigenvalue weighted by molar-refractivity contribution is 7.15. The van der Waals surface area contributed by atoms with Gasteiger partial charge in [0.2, 0.25) is 0 Å². The summed E-state index contributed by atoms with van der Waals surface area (Å²) in [5, 5.41) is 0.563. The lowest BCUT2D eigenvalue weighted by atomic mass is 10.3. The summed E-state index contributed by atoms with van der Waals surface area (Å²) in [6.45, 7) is 9.48. The van der Waals surface area contributed by atoms with E-state index in [-0.39, 0.29) is 0 Å². The first-order valence-electron chi connectivity index (χ1n) is 7.21. The number of rotatable bonds is 3. The third-order valence-electron chi connectivity index (χ3n) is 3.81. The molecule has 1 aliphatic heterocycles. The van der Waals surface area contributed by atoms with Crippen LogP contribution in [0.25, 0.3) is 11.5 Å². The molecule has 0 atom stereocenters. The van der Waals surface area contributed by atoms with Gasteiger partial charge in [0.25, 0.3) is 0 Å². The maximum Gasteiger partial charge on any atom is 0.181 e. The molecular weight excluding hydrogens is 284 g/mol. The van der Waals surface area contributed by atoms with Crippen LogP contribution in [0.15, 0.2) is 12.3 Å². The molecule has 7 heteroatoms. The third kappa shape index (κ3) is 2.98. The van der Waals surface area contributed by atoms with Crippen molar-refractivity contribution < 1.29 is 0 Å². The van der Waals surface area contributed by atoms with Crippen molar-refractivity contribution >= 4 is 22.3 Å². The van der Waals surface area contributed by atoms with Crippen LogP contribution in [0.3, 0.4) is 0 Å². The number of aryl methyl sites for hydroxylation is 1. The minimum Gasteiger partial charge on any atom is -0.375 e. The molecule has 0 aromatic carbocycles. The largest absolute Gasteiger partial charge is 0.375 e. The molecule has 3 rings (SSSR count). The number of nitrogen functional groups attached to an aromatic ring is 1. The fourth-order valence-electron chi connectivity index (χ4n) is 2.56. The van der Waals surface area contributed by atoms with Crippen molar-refractivity contribution in [3.8, 4) is 11.5 Å². The van der Waals surface area contributed by atoms with Crippen molar-refractivity contribution in [3.63, 3.8) is 0 Å². The Morgan fingerprint density at radius 2 is 2.00 bits per heavy atom. The Balaban J connectivity index is 1.82. The van der Waals surface area contributed by atoms with Gasteiger partial charge in [-0.1, -0.05) is 6.92 Å². The minimum atomic E-state index is 0.563. The Morgan fingerprint density at radius 1 is 1.24 bits per heavy atom. The van der Waals surface area contributed by atoms with Gasteiger partial charge in [-0.2, -0.15) is 0 Å². The third-order valence-corrected chi connectivity index (χ3v) is 4.61. The summed E-state index contributed by atoms with van der Waals surface area (Å²) >= 11 is 1.48. The fourth-order valence-corrected chi connectivity index (χ4v) is 3.24. The first-order valence-corrected chi connectivity index (χ1v) is 8.02. The van der Waals surface area contributed by atoms with E-state index in [2.05, 4.69) is 31.7 Å². The Bertz CT molecular complexity index is 618. The molecule has 112 valence electrons. The summed E-state index contributed by atoms with van der Waals surface area (Å²) in [7, 11) is 0. The van der Waals surface area contributed by atoms with Gasteiger partial charge in [0, 0.05) is 37.3 Å². The van der Waals surface area contributed by atoms with E-state index in [4.69, 9.17) is 5.73 Å². The zero-order valence-electron chi connectivity index (χ0n) is 12.4. The van der Waals surface area contributed by atoms with Gasteiger partial charge in [-0.25, -0.2) is 15.0 Å². The van der Waals surface area contributed by atoms with Crippen molar-refractivity contribution in [2.75, 3.05) is 43.4 Å². The molecule has 0 amide bonds. The van der Waals surface area contributed by atoms with Crippen molar-refractivity contribution in [3.05, 3.63) is 17.1 Å². The van der Waals surface area contributed by atoms with Crippen LogP contribution in [0.5, 0.6) is 0 Å². The maximum atomic E-state index is 5.76. The maximum absolute atomic E-state index is 5.76. The smallest absolute Gasteiger partial charge is 0.181 e. The van der Waals surface area contributed by atoms with Gasteiger partial charge in [0.15, 0.2) is 11.0 Å². The molecule has 1 fully saturated rings. The summed E-state index contributed by atoms with van der Waals surface area (Å²) in [5.74, 6) is 1.64. The summed E-state index contributed by atoms with van der Waals surface area (Å²) in [5.41, 5.74) is 6.56. The van der Waals surface area contributed by atoms with Crippen LogP contribution in [0.4, 0.5) is 10.9 Å². The van der Waals surface area contributed by atoms with E-state index in [9.17, 15) is 0 Å². The predicted octanol–water partition coefficient (Wildman–Crippen LogP) is 1.63. The van der Waals surface area contributed by atoms with Crippen molar-refractivity contribution in [1.29, 1.82) is 0 Å². The molecule has 6 nitrogen and oxygen atoms in total. The zero-order chi connectivity index (χ0) is 14.8. The van der Waals surface area contributed by atoms with E-state index >= 15 is 0 Å². The normalized spacial score (nSPS) is 16.4. The lowest BCUT2D eigenvalue weighted by Gasteiger charge is -2.34. The number of hydrogen-bond acceptors (Lipinski definition) is 7. The van der Waals surface area contributed by atoms with E-state index in [1.165, 1.54) is 11.3 Å². The molecule has 0 saturated carbocycles. The van der Waals surface area contributed by atoms with E-state index in [1.54, 1.807) is 6.20 Å². The van der Waals surface area contributed by atoms with Crippen LogP contribution in [0, 0.1) is 6.92 Å². The Morgan fingerprint density at radius 3 is 2.62 bits per heavy atom. The summed E-state index contributed by atoms with van der Waals surface area (Å²) in [4.78, 5) is 19.2. The predicted molar refractivity (Wildman–Crippen MR) is 86.6 cm³/mol. The molecule has 3 heterocycles. The molecule has 2 aromatic rings. The molecule has 0 spiro atoms. The standard InChI is InChI=1S/C14H20N6S/c1-3-19-6-8-20(9-7-19)11-4-5-16-13(17-11)12-10(2)21-14(15)18-12/h4-5H,3,6-9H2,1-2H3,(H2,15,18). The van der Waals surface area contributed by atoms with Crippen molar-refractivity contribution in [2.24, 2.45) is 0 Å². The average Bonchev–Trinajstić information content (AvgIpc) is 2.86. The molecule has 2 aromatic heterocycles. The fraction of sp³-hybridized carbons (Fsp3) is 0.500. The van der Waals surface area contributed by atoms with Gasteiger partial charge < -0.3 is 15.5 Å². The highest BCUT2D eigenvalue weighted by Gasteiger charge is 2.18. The van der Waals surface area contributed by atoms with Crippen LogP contribution >= 0.6 is 11.3 Å². The van der Waals surface area contributed by atoms with Crippen molar-refractivity contribution in [1.82, 2.24) is 19.9 Å².